The van der Waals surface area contributed by atoms with Crippen LogP contribution in [-0.2, 0) is 15.9 Å². The third kappa shape index (κ3) is 7.71. The lowest BCUT2D eigenvalue weighted by Gasteiger charge is -2.32. The van der Waals surface area contributed by atoms with Crippen LogP contribution in [0, 0.1) is 13.8 Å². The molecule has 164 valence electrons. The topological polar surface area (TPSA) is 55.8 Å². The van der Waals surface area contributed by atoms with Crippen LogP contribution in [-0.4, -0.2) is 34.3 Å². The Bertz CT molecular complexity index is 710. The summed E-state index contributed by atoms with van der Waals surface area (Å²) in [6, 6.07) is 3.94. The van der Waals surface area contributed by atoms with E-state index in [1.165, 1.54) is 16.7 Å². The molecule has 0 saturated heterocycles. The molecular weight excluding hydrogens is 366 g/mol. The van der Waals surface area contributed by atoms with Gasteiger partial charge in [0.2, 0.25) is 0 Å². The number of ether oxygens (including phenoxy) is 2. The van der Waals surface area contributed by atoms with E-state index >= 15 is 0 Å². The lowest BCUT2D eigenvalue weighted by atomic mass is 9.89. The monoisotopic (exact) mass is 405 g/mol. The van der Waals surface area contributed by atoms with Crippen molar-refractivity contribution < 1.29 is 19.1 Å². The first-order valence-corrected chi connectivity index (χ1v) is 10.4. The van der Waals surface area contributed by atoms with E-state index in [-0.39, 0.29) is 0 Å². The van der Waals surface area contributed by atoms with E-state index in [9.17, 15) is 9.59 Å². The highest BCUT2D eigenvalue weighted by molar-refractivity contribution is 5.88. The Labute approximate surface area is 176 Å². The molecule has 0 fully saturated rings. The maximum absolute atomic E-state index is 12.9. The summed E-state index contributed by atoms with van der Waals surface area (Å²) in [7, 11) is 0. The van der Waals surface area contributed by atoms with Gasteiger partial charge >= 0.3 is 12.2 Å². The van der Waals surface area contributed by atoms with Crippen molar-refractivity contribution in [3.63, 3.8) is 0 Å². The van der Waals surface area contributed by atoms with Gasteiger partial charge in [-0.15, -0.1) is 0 Å². The standard InChI is InChI=1S/C24H39NO4/c1-15(2)20-13-17(4)16(3)12-19(20)14-18(5)25(21(26)28-23(6,7)8)22(27)29-24(9,10)11/h12-13,15,18H,14H2,1-11H3. The minimum Gasteiger partial charge on any atom is -0.443 e. The fourth-order valence-corrected chi connectivity index (χ4v) is 3.08. The second-order valence-electron chi connectivity index (χ2n) is 10.2. The van der Waals surface area contributed by atoms with E-state index in [2.05, 4.69) is 39.8 Å². The molecule has 0 bridgehead atoms. The van der Waals surface area contributed by atoms with Crippen molar-refractivity contribution in [1.29, 1.82) is 0 Å². The summed E-state index contributed by atoms with van der Waals surface area (Å²) in [6.07, 6.45) is -0.837. The van der Waals surface area contributed by atoms with Crippen LogP contribution in [0.2, 0.25) is 0 Å². The molecule has 1 atom stereocenters. The highest BCUT2D eigenvalue weighted by Gasteiger charge is 2.35. The van der Waals surface area contributed by atoms with E-state index in [4.69, 9.17) is 9.47 Å². The predicted octanol–water partition coefficient (Wildman–Crippen LogP) is 6.53. The molecule has 5 heteroatoms. The Hall–Kier alpha value is -2.04. The van der Waals surface area contributed by atoms with Gasteiger partial charge in [-0.25, -0.2) is 14.5 Å². The van der Waals surface area contributed by atoms with Gasteiger partial charge in [0.25, 0.3) is 0 Å². The molecule has 2 amide bonds. The first-order valence-electron chi connectivity index (χ1n) is 10.4. The smallest absolute Gasteiger partial charge is 0.420 e. The summed E-state index contributed by atoms with van der Waals surface area (Å²) in [5, 5.41) is 0. The Morgan fingerprint density at radius 2 is 1.28 bits per heavy atom. The summed E-state index contributed by atoms with van der Waals surface area (Å²) >= 11 is 0. The normalized spacial score (nSPS) is 13.2. The van der Waals surface area contributed by atoms with E-state index in [1.54, 1.807) is 41.5 Å². The molecule has 29 heavy (non-hydrogen) atoms. The fourth-order valence-electron chi connectivity index (χ4n) is 3.08. The van der Waals surface area contributed by atoms with Gasteiger partial charge in [0.1, 0.15) is 11.2 Å². The van der Waals surface area contributed by atoms with Crippen LogP contribution in [0.5, 0.6) is 0 Å². The summed E-state index contributed by atoms with van der Waals surface area (Å²) < 4.78 is 11.0. The molecule has 0 aromatic heterocycles. The molecule has 1 unspecified atom stereocenters. The molecule has 0 radical (unpaired) electrons. The highest BCUT2D eigenvalue weighted by atomic mass is 16.6. The van der Waals surface area contributed by atoms with E-state index in [0.29, 0.717) is 12.3 Å². The molecule has 1 aromatic rings. The van der Waals surface area contributed by atoms with E-state index < -0.39 is 29.4 Å². The van der Waals surface area contributed by atoms with Crippen LogP contribution < -0.4 is 0 Å². The zero-order valence-corrected chi connectivity index (χ0v) is 20.1. The zero-order valence-electron chi connectivity index (χ0n) is 20.1. The maximum atomic E-state index is 12.9. The Balaban J connectivity index is 3.27. The van der Waals surface area contributed by atoms with Crippen LogP contribution in [0.1, 0.15) is 90.5 Å². The van der Waals surface area contributed by atoms with Crippen molar-refractivity contribution in [2.75, 3.05) is 0 Å². The minimum absolute atomic E-state index is 0.341. The Morgan fingerprint density at radius 1 is 0.862 bits per heavy atom. The summed E-state index contributed by atoms with van der Waals surface area (Å²) in [5.41, 5.74) is 3.38. The van der Waals surface area contributed by atoms with Crippen LogP contribution in [0.15, 0.2) is 12.1 Å². The molecule has 0 saturated carbocycles. The largest absolute Gasteiger partial charge is 0.443 e. The number of carbonyl (C=O) groups is 2. The third-order valence-electron chi connectivity index (χ3n) is 4.51. The third-order valence-corrected chi connectivity index (χ3v) is 4.51. The van der Waals surface area contributed by atoms with Gasteiger partial charge in [0.05, 0.1) is 0 Å². The van der Waals surface area contributed by atoms with Crippen molar-refractivity contribution in [2.45, 2.75) is 106 Å². The number of carbonyl (C=O) groups excluding carboxylic acids is 2. The molecule has 0 spiro atoms. The molecule has 1 aromatic carbocycles. The number of hydrogen-bond donors (Lipinski definition) is 0. The van der Waals surface area contributed by atoms with Crippen molar-refractivity contribution in [2.24, 2.45) is 0 Å². The Kier molecular flexibility index (Phi) is 7.92. The van der Waals surface area contributed by atoms with Gasteiger partial charge in [0, 0.05) is 6.04 Å². The number of benzene rings is 1. The van der Waals surface area contributed by atoms with Gasteiger partial charge in [-0.3, -0.25) is 0 Å². The number of hydrogen-bond acceptors (Lipinski definition) is 4. The van der Waals surface area contributed by atoms with Crippen LogP contribution in [0.3, 0.4) is 0 Å². The number of rotatable bonds is 4. The summed E-state index contributed by atoms with van der Waals surface area (Å²) in [5.74, 6) is 0.341. The summed E-state index contributed by atoms with van der Waals surface area (Å²) in [4.78, 5) is 26.8. The van der Waals surface area contributed by atoms with E-state index in [1.807, 2.05) is 6.92 Å². The van der Waals surface area contributed by atoms with Crippen molar-refractivity contribution in [1.82, 2.24) is 4.90 Å². The number of amides is 2. The van der Waals surface area contributed by atoms with Crippen LogP contribution in [0.4, 0.5) is 9.59 Å². The maximum Gasteiger partial charge on any atom is 0.420 e. The molecule has 0 aliphatic heterocycles. The molecule has 1 rings (SSSR count). The Morgan fingerprint density at radius 3 is 1.66 bits per heavy atom. The second-order valence-corrected chi connectivity index (χ2v) is 10.2. The molecule has 0 N–H and O–H groups in total. The number of aryl methyl sites for hydroxylation is 2. The zero-order chi connectivity index (χ0) is 22.7. The fraction of sp³-hybridized carbons (Fsp3) is 0.667. The van der Waals surface area contributed by atoms with Crippen molar-refractivity contribution in [3.8, 4) is 0 Å². The summed E-state index contributed by atoms with van der Waals surface area (Å²) in [6.45, 7) is 21.0. The molecule has 5 nitrogen and oxygen atoms in total. The van der Waals surface area contributed by atoms with Gasteiger partial charge < -0.3 is 9.47 Å². The van der Waals surface area contributed by atoms with E-state index in [0.717, 1.165) is 10.5 Å². The van der Waals surface area contributed by atoms with Gasteiger partial charge in [-0.1, -0.05) is 26.0 Å². The van der Waals surface area contributed by atoms with Gasteiger partial charge in [0.15, 0.2) is 0 Å². The average Bonchev–Trinajstić information content (AvgIpc) is 2.46. The molecule has 0 aliphatic carbocycles. The SMILES string of the molecule is Cc1cc(CC(C)N(C(=O)OC(C)(C)C)C(=O)OC(C)(C)C)c(C(C)C)cc1C. The molecule has 0 heterocycles. The highest BCUT2D eigenvalue weighted by Crippen LogP contribution is 2.26. The quantitative estimate of drug-likeness (QED) is 0.571. The number of nitrogens with zero attached hydrogens (tertiary/aromatic N) is 1. The molecule has 0 aliphatic rings. The van der Waals surface area contributed by atoms with Crippen LogP contribution in [0.25, 0.3) is 0 Å². The number of imide groups is 1. The predicted molar refractivity (Wildman–Crippen MR) is 117 cm³/mol. The first kappa shape index (κ1) is 25.0. The molecular formula is C24H39NO4. The average molecular weight is 406 g/mol. The van der Waals surface area contributed by atoms with Crippen LogP contribution >= 0.6 is 0 Å². The van der Waals surface area contributed by atoms with Gasteiger partial charge in [-0.2, -0.15) is 0 Å². The lowest BCUT2D eigenvalue weighted by Crippen LogP contribution is -2.48. The second kappa shape index (κ2) is 9.19. The minimum atomic E-state index is -0.708. The van der Waals surface area contributed by atoms with Crippen molar-refractivity contribution in [3.05, 3.63) is 34.4 Å². The van der Waals surface area contributed by atoms with Crippen molar-refractivity contribution >= 4 is 12.2 Å². The lowest BCUT2D eigenvalue weighted by molar-refractivity contribution is -0.00573. The van der Waals surface area contributed by atoms with Gasteiger partial charge in [-0.05, 0) is 96.9 Å². The first-order chi connectivity index (χ1) is 13.0.